The quantitative estimate of drug-likeness (QED) is 0.434. The van der Waals surface area contributed by atoms with Gasteiger partial charge in [0.1, 0.15) is 5.69 Å². The molecule has 34 heavy (non-hydrogen) atoms. The van der Waals surface area contributed by atoms with Crippen LogP contribution < -0.4 is 16.2 Å². The van der Waals surface area contributed by atoms with Crippen LogP contribution in [0.15, 0.2) is 89.9 Å². The molecule has 2 aromatic heterocycles. The van der Waals surface area contributed by atoms with E-state index >= 15 is 0 Å². The number of rotatable bonds is 6. The van der Waals surface area contributed by atoms with E-state index in [1.165, 1.54) is 10.8 Å². The fraction of sp³-hybridized carbons (Fsp3) is 0.0769. The number of anilines is 2. The highest BCUT2D eigenvalue weighted by Gasteiger charge is 2.19. The van der Waals surface area contributed by atoms with Gasteiger partial charge in [0.25, 0.3) is 11.5 Å². The van der Waals surface area contributed by atoms with Crippen LogP contribution in [0.1, 0.15) is 21.7 Å². The molecule has 8 heteroatoms. The van der Waals surface area contributed by atoms with Gasteiger partial charge < -0.3 is 10.6 Å². The standard InChI is InChI=1S/C26H23N5O3/c1-18-24(26(34)31(30(18)2)22-12-4-3-5-13-22)29-25(33)19-9-8-11-21(17-19)28-23(32)15-14-20-10-6-7-16-27-20/h3-17H,1-2H3,(H,28,32)(H,29,33)/b15-14+. The molecule has 0 bridgehead atoms. The van der Waals surface area contributed by atoms with Crippen molar-refractivity contribution in [2.45, 2.75) is 6.92 Å². The molecule has 2 amide bonds. The molecule has 170 valence electrons. The van der Waals surface area contributed by atoms with E-state index in [0.29, 0.717) is 28.3 Å². The lowest BCUT2D eigenvalue weighted by Crippen LogP contribution is -2.23. The topological polar surface area (TPSA) is 98.0 Å². The summed E-state index contributed by atoms with van der Waals surface area (Å²) in [5.74, 6) is -0.806. The van der Waals surface area contributed by atoms with E-state index in [9.17, 15) is 14.4 Å². The van der Waals surface area contributed by atoms with Crippen LogP contribution in [-0.2, 0) is 11.8 Å². The Morgan fingerprint density at radius 1 is 0.941 bits per heavy atom. The van der Waals surface area contributed by atoms with Gasteiger partial charge in [-0.15, -0.1) is 0 Å². The molecule has 0 saturated heterocycles. The lowest BCUT2D eigenvalue weighted by molar-refractivity contribution is -0.111. The number of nitrogens with one attached hydrogen (secondary N) is 2. The Bertz CT molecular complexity index is 1420. The molecule has 2 heterocycles. The van der Waals surface area contributed by atoms with Gasteiger partial charge in [-0.3, -0.25) is 24.0 Å². The first-order chi connectivity index (χ1) is 16.4. The number of carbonyl (C=O) groups is 2. The summed E-state index contributed by atoms with van der Waals surface area (Å²) in [7, 11) is 1.76. The highest BCUT2D eigenvalue weighted by atomic mass is 16.2. The number of hydrogen-bond acceptors (Lipinski definition) is 4. The number of hydrogen-bond donors (Lipinski definition) is 2. The second-order valence-corrected chi connectivity index (χ2v) is 7.55. The fourth-order valence-electron chi connectivity index (χ4n) is 3.46. The maximum absolute atomic E-state index is 13.0. The fourth-order valence-corrected chi connectivity index (χ4v) is 3.46. The molecule has 0 fully saturated rings. The number of aromatic nitrogens is 3. The van der Waals surface area contributed by atoms with Gasteiger partial charge in [0, 0.05) is 30.6 Å². The Morgan fingerprint density at radius 2 is 1.71 bits per heavy atom. The molecule has 0 spiro atoms. The van der Waals surface area contributed by atoms with Crippen LogP contribution >= 0.6 is 0 Å². The monoisotopic (exact) mass is 453 g/mol. The third kappa shape index (κ3) is 4.86. The van der Waals surface area contributed by atoms with E-state index < -0.39 is 5.91 Å². The molecule has 8 nitrogen and oxygen atoms in total. The summed E-state index contributed by atoms with van der Waals surface area (Å²) in [6.07, 6.45) is 4.61. The predicted octanol–water partition coefficient (Wildman–Crippen LogP) is 3.78. The van der Waals surface area contributed by atoms with Crippen LogP contribution in [0.25, 0.3) is 11.8 Å². The molecule has 0 radical (unpaired) electrons. The molecule has 2 aromatic carbocycles. The van der Waals surface area contributed by atoms with Crippen LogP contribution in [0.4, 0.5) is 11.4 Å². The van der Waals surface area contributed by atoms with Gasteiger partial charge in [0.05, 0.1) is 17.1 Å². The van der Waals surface area contributed by atoms with Crippen molar-refractivity contribution in [3.05, 3.63) is 112 Å². The Balaban J connectivity index is 1.51. The maximum Gasteiger partial charge on any atom is 0.295 e. The van der Waals surface area contributed by atoms with Crippen molar-refractivity contribution < 1.29 is 9.59 Å². The smallest absolute Gasteiger partial charge is 0.295 e. The van der Waals surface area contributed by atoms with Gasteiger partial charge in [-0.25, -0.2) is 4.68 Å². The van der Waals surface area contributed by atoms with Gasteiger partial charge >= 0.3 is 0 Å². The minimum Gasteiger partial charge on any atom is -0.322 e. The van der Waals surface area contributed by atoms with E-state index in [-0.39, 0.29) is 17.2 Å². The third-order valence-corrected chi connectivity index (χ3v) is 5.28. The van der Waals surface area contributed by atoms with E-state index in [1.807, 2.05) is 36.4 Å². The summed E-state index contributed by atoms with van der Waals surface area (Å²) in [5, 5.41) is 5.45. The maximum atomic E-state index is 13.0. The number of benzene rings is 2. The Morgan fingerprint density at radius 3 is 2.44 bits per heavy atom. The van der Waals surface area contributed by atoms with Crippen molar-refractivity contribution in [3.63, 3.8) is 0 Å². The number of nitrogens with zero attached hydrogens (tertiary/aromatic N) is 3. The summed E-state index contributed by atoms with van der Waals surface area (Å²) in [5.41, 5.74) is 2.60. The molecule has 0 aliphatic carbocycles. The van der Waals surface area contributed by atoms with Crippen LogP contribution in [0.2, 0.25) is 0 Å². The van der Waals surface area contributed by atoms with Crippen LogP contribution in [0.5, 0.6) is 0 Å². The lowest BCUT2D eigenvalue weighted by Gasteiger charge is -2.07. The highest BCUT2D eigenvalue weighted by Crippen LogP contribution is 2.17. The molecule has 0 unspecified atom stereocenters. The summed E-state index contributed by atoms with van der Waals surface area (Å²) >= 11 is 0. The Hall–Kier alpha value is -4.72. The SMILES string of the molecule is Cc1c(NC(=O)c2cccc(NC(=O)/C=C/c3ccccn3)c2)c(=O)n(-c2ccccc2)n1C. The van der Waals surface area contributed by atoms with E-state index in [2.05, 4.69) is 15.6 Å². The van der Waals surface area contributed by atoms with Crippen LogP contribution in [0, 0.1) is 6.92 Å². The van der Waals surface area contributed by atoms with Crippen molar-refractivity contribution in [1.29, 1.82) is 0 Å². The minimum atomic E-state index is -0.453. The average molecular weight is 454 g/mol. The molecular weight excluding hydrogens is 430 g/mol. The summed E-state index contributed by atoms with van der Waals surface area (Å²) in [6.45, 7) is 1.76. The van der Waals surface area contributed by atoms with Crippen LogP contribution in [-0.4, -0.2) is 26.2 Å². The average Bonchev–Trinajstić information content (AvgIpc) is 3.07. The number of para-hydroxylation sites is 1. The molecule has 0 saturated carbocycles. The second kappa shape index (κ2) is 9.83. The number of amides is 2. The molecule has 4 aromatic rings. The number of pyridine rings is 1. The van der Waals surface area contributed by atoms with E-state index in [0.717, 1.165) is 0 Å². The van der Waals surface area contributed by atoms with Gasteiger partial charge in [-0.05, 0) is 55.5 Å². The number of carbonyl (C=O) groups excluding carboxylic acids is 2. The summed E-state index contributed by atoms with van der Waals surface area (Å²) < 4.78 is 3.19. The van der Waals surface area contributed by atoms with E-state index in [1.54, 1.807) is 67.3 Å². The van der Waals surface area contributed by atoms with Gasteiger partial charge in [-0.1, -0.05) is 30.3 Å². The first kappa shape index (κ1) is 22.5. The zero-order chi connectivity index (χ0) is 24.1. The molecule has 2 N–H and O–H groups in total. The van der Waals surface area contributed by atoms with Crippen molar-refractivity contribution in [3.8, 4) is 5.69 Å². The molecule has 4 rings (SSSR count). The molecular formula is C26H23N5O3. The normalized spacial score (nSPS) is 10.9. The molecule has 0 aliphatic rings. The summed E-state index contributed by atoms with van der Waals surface area (Å²) in [6, 6.07) is 21.1. The Kier molecular flexibility index (Phi) is 6.49. The second-order valence-electron chi connectivity index (χ2n) is 7.55. The van der Waals surface area contributed by atoms with Crippen molar-refractivity contribution in [1.82, 2.24) is 14.3 Å². The highest BCUT2D eigenvalue weighted by molar-refractivity contribution is 6.06. The largest absolute Gasteiger partial charge is 0.322 e. The zero-order valence-corrected chi connectivity index (χ0v) is 18.7. The first-order valence-electron chi connectivity index (χ1n) is 10.6. The van der Waals surface area contributed by atoms with E-state index in [4.69, 9.17) is 0 Å². The molecule has 0 atom stereocenters. The van der Waals surface area contributed by atoms with Crippen LogP contribution in [0.3, 0.4) is 0 Å². The van der Waals surface area contributed by atoms with Gasteiger partial charge in [0.2, 0.25) is 5.91 Å². The van der Waals surface area contributed by atoms with Crippen molar-refractivity contribution in [2.75, 3.05) is 10.6 Å². The molecule has 0 aliphatic heterocycles. The predicted molar refractivity (Wildman–Crippen MR) is 132 cm³/mol. The van der Waals surface area contributed by atoms with Crippen molar-refractivity contribution >= 4 is 29.3 Å². The first-order valence-corrected chi connectivity index (χ1v) is 10.6. The van der Waals surface area contributed by atoms with Gasteiger partial charge in [0.15, 0.2) is 0 Å². The third-order valence-electron chi connectivity index (χ3n) is 5.28. The van der Waals surface area contributed by atoms with Crippen molar-refractivity contribution in [2.24, 2.45) is 7.05 Å². The minimum absolute atomic E-state index is 0.198. The summed E-state index contributed by atoms with van der Waals surface area (Å²) in [4.78, 5) is 42.3. The van der Waals surface area contributed by atoms with Gasteiger partial charge in [-0.2, -0.15) is 0 Å². The Labute approximate surface area is 196 Å². The lowest BCUT2D eigenvalue weighted by atomic mass is 10.2. The zero-order valence-electron chi connectivity index (χ0n) is 18.7.